The Morgan fingerprint density at radius 3 is 2.64 bits per heavy atom. The van der Waals surface area contributed by atoms with E-state index in [4.69, 9.17) is 11.6 Å². The second-order valence-corrected chi connectivity index (χ2v) is 6.05. The number of rotatable bonds is 4. The molecule has 7 heteroatoms. The summed E-state index contributed by atoms with van der Waals surface area (Å²) in [5.74, 6) is 0.0295. The topological polar surface area (TPSA) is 69.6 Å². The van der Waals surface area contributed by atoms with E-state index in [0.29, 0.717) is 18.1 Å². The maximum atomic E-state index is 12.6. The third-order valence-electron chi connectivity index (χ3n) is 4.36. The van der Waals surface area contributed by atoms with Crippen molar-refractivity contribution in [3.8, 4) is 0 Å². The number of hydrogen-bond acceptors (Lipinski definition) is 5. The number of anilines is 2. The van der Waals surface area contributed by atoms with Crippen LogP contribution in [0.25, 0.3) is 0 Å². The Labute approximate surface area is 136 Å². The van der Waals surface area contributed by atoms with Crippen LogP contribution in [0.15, 0.2) is 6.20 Å². The van der Waals surface area contributed by atoms with Gasteiger partial charge in [-0.05, 0) is 31.4 Å². The number of aromatic nitrogens is 2. The summed E-state index contributed by atoms with van der Waals surface area (Å²) in [6.07, 6.45) is 2.68. The van der Waals surface area contributed by atoms with Crippen LogP contribution < -0.4 is 9.80 Å². The molecule has 0 aromatic carbocycles. The van der Waals surface area contributed by atoms with Crippen LogP contribution >= 0.6 is 11.6 Å². The molecule has 1 amide bonds. The lowest BCUT2D eigenvalue weighted by atomic mass is 10.0. The third-order valence-corrected chi connectivity index (χ3v) is 4.54. The Hall–Kier alpha value is -1.40. The smallest absolute Gasteiger partial charge is 0.234 e. The van der Waals surface area contributed by atoms with E-state index in [0.717, 1.165) is 12.8 Å². The molecule has 22 heavy (non-hydrogen) atoms. The summed E-state index contributed by atoms with van der Waals surface area (Å²) in [5.41, 5.74) is 0.629. The summed E-state index contributed by atoms with van der Waals surface area (Å²) in [6, 6.07) is 0.227. The molecule has 0 saturated carbocycles. The highest BCUT2D eigenvalue weighted by molar-refractivity contribution is 6.28. The zero-order valence-corrected chi connectivity index (χ0v) is 14.2. The lowest BCUT2D eigenvalue weighted by Crippen LogP contribution is -2.44. The van der Waals surface area contributed by atoms with Crippen molar-refractivity contribution < 1.29 is 9.90 Å². The van der Waals surface area contributed by atoms with E-state index >= 15 is 0 Å². The van der Waals surface area contributed by atoms with Gasteiger partial charge in [0.2, 0.25) is 11.2 Å². The summed E-state index contributed by atoms with van der Waals surface area (Å²) >= 11 is 5.97. The largest absolute Gasteiger partial charge is 0.393 e. The van der Waals surface area contributed by atoms with Gasteiger partial charge in [-0.1, -0.05) is 13.8 Å². The van der Waals surface area contributed by atoms with Crippen molar-refractivity contribution >= 4 is 29.0 Å². The van der Waals surface area contributed by atoms with Crippen molar-refractivity contribution in [2.45, 2.75) is 45.8 Å². The molecule has 1 aromatic heterocycles. The van der Waals surface area contributed by atoms with Gasteiger partial charge in [0.05, 0.1) is 18.2 Å². The highest BCUT2D eigenvalue weighted by atomic mass is 35.5. The van der Waals surface area contributed by atoms with E-state index in [1.165, 1.54) is 4.90 Å². The lowest BCUT2D eigenvalue weighted by molar-refractivity contribution is -0.124. The predicted octanol–water partition coefficient (Wildman–Crippen LogP) is 2.10. The number of hydrogen-bond donors (Lipinski definition) is 1. The second kappa shape index (κ2) is 6.79. The summed E-state index contributed by atoms with van der Waals surface area (Å²) in [4.78, 5) is 24.6. The number of amides is 1. The van der Waals surface area contributed by atoms with Crippen molar-refractivity contribution in [3.63, 3.8) is 0 Å². The van der Waals surface area contributed by atoms with Crippen LogP contribution in [0.2, 0.25) is 5.28 Å². The molecule has 0 radical (unpaired) electrons. The predicted molar refractivity (Wildman–Crippen MR) is 87.3 cm³/mol. The summed E-state index contributed by atoms with van der Waals surface area (Å²) < 4.78 is 0. The van der Waals surface area contributed by atoms with Gasteiger partial charge in [0.1, 0.15) is 5.69 Å². The molecule has 1 N–H and O–H groups in total. The van der Waals surface area contributed by atoms with E-state index < -0.39 is 12.0 Å². The van der Waals surface area contributed by atoms with Crippen LogP contribution in [0.4, 0.5) is 11.5 Å². The van der Waals surface area contributed by atoms with E-state index in [2.05, 4.69) is 28.7 Å². The number of carbonyl (C=O) groups is 1. The Morgan fingerprint density at radius 2 is 2.09 bits per heavy atom. The van der Waals surface area contributed by atoms with Gasteiger partial charge in [-0.15, -0.1) is 0 Å². The molecule has 2 heterocycles. The lowest BCUT2D eigenvalue weighted by Gasteiger charge is -2.33. The first-order valence-corrected chi connectivity index (χ1v) is 8.03. The molecular weight excluding hydrogens is 304 g/mol. The zero-order chi connectivity index (χ0) is 16.4. The molecule has 1 aromatic rings. The molecule has 0 fully saturated rings. The molecule has 1 aliphatic rings. The monoisotopic (exact) mass is 326 g/mol. The number of nitrogens with zero attached hydrogens (tertiary/aromatic N) is 4. The third kappa shape index (κ3) is 3.03. The molecule has 2 unspecified atom stereocenters. The highest BCUT2D eigenvalue weighted by Gasteiger charge is 2.37. The van der Waals surface area contributed by atoms with Gasteiger partial charge >= 0.3 is 0 Å². The van der Waals surface area contributed by atoms with Crippen molar-refractivity contribution in [3.05, 3.63) is 11.5 Å². The standard InChI is InChI=1S/C15H23ClN4O2/c1-5-10(6-2)20-8-11(9(3)21)14(22)19(4)12-7-17-15(16)18-13(12)20/h7,9-11,21H,5-6,8H2,1-4H3. The first-order chi connectivity index (χ1) is 10.4. The van der Waals surface area contributed by atoms with Crippen molar-refractivity contribution in [1.29, 1.82) is 0 Å². The number of halogens is 1. The Balaban J connectivity index is 2.57. The van der Waals surface area contributed by atoms with Gasteiger partial charge < -0.3 is 14.9 Å². The second-order valence-electron chi connectivity index (χ2n) is 5.71. The fourth-order valence-electron chi connectivity index (χ4n) is 2.95. The van der Waals surface area contributed by atoms with Gasteiger partial charge in [-0.25, -0.2) is 4.98 Å². The Kier molecular flexibility index (Phi) is 5.24. The number of aliphatic hydroxyl groups is 1. The molecular formula is C15H23ClN4O2. The zero-order valence-electron chi connectivity index (χ0n) is 13.5. The average Bonchev–Trinajstić information content (AvgIpc) is 2.59. The van der Waals surface area contributed by atoms with Crippen LogP contribution in [0, 0.1) is 5.92 Å². The van der Waals surface area contributed by atoms with E-state index in [-0.39, 0.29) is 17.2 Å². The maximum Gasteiger partial charge on any atom is 0.234 e. The van der Waals surface area contributed by atoms with Gasteiger partial charge in [0, 0.05) is 19.6 Å². The van der Waals surface area contributed by atoms with E-state index in [1.54, 1.807) is 20.2 Å². The highest BCUT2D eigenvalue weighted by Crippen LogP contribution is 2.35. The van der Waals surface area contributed by atoms with Crippen LogP contribution in [-0.4, -0.2) is 46.7 Å². The summed E-state index contributed by atoms with van der Waals surface area (Å²) in [5, 5.41) is 10.2. The first kappa shape index (κ1) is 17.0. The quantitative estimate of drug-likeness (QED) is 0.858. The number of fused-ring (bicyclic) bond motifs is 1. The minimum Gasteiger partial charge on any atom is -0.393 e. The van der Waals surface area contributed by atoms with Crippen molar-refractivity contribution in [2.24, 2.45) is 5.92 Å². The number of carbonyl (C=O) groups excluding carboxylic acids is 1. The molecule has 6 nitrogen and oxygen atoms in total. The van der Waals surface area contributed by atoms with Crippen molar-refractivity contribution in [2.75, 3.05) is 23.4 Å². The van der Waals surface area contributed by atoms with Crippen LogP contribution in [-0.2, 0) is 4.79 Å². The molecule has 2 rings (SSSR count). The van der Waals surface area contributed by atoms with Gasteiger partial charge in [-0.3, -0.25) is 4.79 Å². The molecule has 0 spiro atoms. The normalized spacial score (nSPS) is 20.1. The Bertz CT molecular complexity index is 548. The van der Waals surface area contributed by atoms with Gasteiger partial charge in [0.25, 0.3) is 0 Å². The van der Waals surface area contributed by atoms with Crippen molar-refractivity contribution in [1.82, 2.24) is 9.97 Å². The van der Waals surface area contributed by atoms with E-state index in [9.17, 15) is 9.90 Å². The van der Waals surface area contributed by atoms with Crippen LogP contribution in [0.5, 0.6) is 0 Å². The Morgan fingerprint density at radius 1 is 1.45 bits per heavy atom. The fourth-order valence-corrected chi connectivity index (χ4v) is 3.08. The molecule has 2 atom stereocenters. The number of aliphatic hydroxyl groups excluding tert-OH is 1. The molecule has 1 aliphatic heterocycles. The van der Waals surface area contributed by atoms with Gasteiger partial charge in [-0.2, -0.15) is 4.98 Å². The minimum atomic E-state index is -0.732. The molecule has 122 valence electrons. The van der Waals surface area contributed by atoms with E-state index in [1.807, 2.05) is 0 Å². The summed E-state index contributed by atoms with van der Waals surface area (Å²) in [7, 11) is 1.68. The molecule has 0 bridgehead atoms. The summed E-state index contributed by atoms with van der Waals surface area (Å²) in [6.45, 7) is 6.28. The van der Waals surface area contributed by atoms with Crippen LogP contribution in [0.1, 0.15) is 33.6 Å². The molecule has 0 aliphatic carbocycles. The fraction of sp³-hybridized carbons (Fsp3) is 0.667. The SMILES string of the molecule is CCC(CC)N1CC(C(C)O)C(=O)N(C)c2cnc(Cl)nc21. The molecule has 0 saturated heterocycles. The first-order valence-electron chi connectivity index (χ1n) is 7.65. The maximum absolute atomic E-state index is 12.6. The van der Waals surface area contributed by atoms with Gasteiger partial charge in [0.15, 0.2) is 5.82 Å². The average molecular weight is 327 g/mol. The minimum absolute atomic E-state index is 0.129. The van der Waals surface area contributed by atoms with Crippen LogP contribution in [0.3, 0.4) is 0 Å².